The van der Waals surface area contributed by atoms with Gasteiger partial charge in [0.15, 0.2) is 0 Å². The zero-order valence-electron chi connectivity index (χ0n) is 31.2. The Morgan fingerprint density at radius 3 is 1.38 bits per heavy atom. The van der Waals surface area contributed by atoms with E-state index in [1.54, 1.807) is 0 Å². The third-order valence-corrected chi connectivity index (χ3v) is 7.53. The monoisotopic (exact) mass is 651 g/mol. The van der Waals surface area contributed by atoms with Crippen molar-refractivity contribution < 1.29 is 28.4 Å². The Balaban J connectivity index is 0. The molecule has 0 radical (unpaired) electrons. The molecule has 8 atom stereocenters. The van der Waals surface area contributed by atoms with Crippen LogP contribution < -0.4 is 22.9 Å². The maximum atomic E-state index is 6.02. The van der Waals surface area contributed by atoms with Gasteiger partial charge < -0.3 is 51.4 Å². The molecule has 0 aliphatic carbocycles. The molecule has 0 heterocycles. The highest BCUT2D eigenvalue weighted by Gasteiger charge is 2.29. The fourth-order valence-corrected chi connectivity index (χ4v) is 4.64. The second-order valence-electron chi connectivity index (χ2n) is 13.6. The summed E-state index contributed by atoms with van der Waals surface area (Å²) in [6, 6.07) is 0.280. The van der Waals surface area contributed by atoms with Crippen LogP contribution in [-0.2, 0) is 28.4 Å². The van der Waals surface area contributed by atoms with E-state index in [2.05, 4.69) is 27.7 Å². The van der Waals surface area contributed by atoms with E-state index >= 15 is 0 Å². The first-order valence-corrected chi connectivity index (χ1v) is 17.9. The normalized spacial score (nSPS) is 18.5. The van der Waals surface area contributed by atoms with Crippen molar-refractivity contribution in [1.29, 1.82) is 0 Å². The molecule has 0 saturated heterocycles. The summed E-state index contributed by atoms with van der Waals surface area (Å²) in [4.78, 5) is 0. The van der Waals surface area contributed by atoms with Crippen molar-refractivity contribution in [3.8, 4) is 0 Å². The number of rotatable bonds is 29. The van der Waals surface area contributed by atoms with E-state index in [4.69, 9.17) is 51.4 Å². The van der Waals surface area contributed by atoms with Crippen LogP contribution in [0.2, 0.25) is 0 Å². The van der Waals surface area contributed by atoms with Crippen molar-refractivity contribution in [3.05, 3.63) is 0 Å². The van der Waals surface area contributed by atoms with E-state index in [-0.39, 0.29) is 47.9 Å². The second kappa shape index (κ2) is 29.7. The van der Waals surface area contributed by atoms with Gasteiger partial charge in [0.1, 0.15) is 0 Å². The predicted octanol–water partition coefficient (Wildman–Crippen LogP) is 5.02. The Labute approximate surface area is 278 Å². The van der Waals surface area contributed by atoms with Crippen LogP contribution in [0.4, 0.5) is 0 Å². The highest BCUT2D eigenvalue weighted by molar-refractivity contribution is 4.78. The first kappa shape index (κ1) is 46.7. The summed E-state index contributed by atoms with van der Waals surface area (Å²) in [6.45, 7) is 26.2. The van der Waals surface area contributed by atoms with E-state index in [0.717, 1.165) is 38.7 Å². The van der Waals surface area contributed by atoms with Crippen LogP contribution >= 0.6 is 0 Å². The van der Waals surface area contributed by atoms with Crippen molar-refractivity contribution in [2.45, 2.75) is 157 Å². The summed E-state index contributed by atoms with van der Waals surface area (Å²) < 4.78 is 35.0. The van der Waals surface area contributed by atoms with E-state index in [0.29, 0.717) is 58.8 Å². The van der Waals surface area contributed by atoms with Gasteiger partial charge >= 0.3 is 0 Å². The van der Waals surface area contributed by atoms with Gasteiger partial charge in [-0.15, -0.1) is 0 Å². The van der Waals surface area contributed by atoms with Gasteiger partial charge in [0.05, 0.1) is 77.8 Å². The van der Waals surface area contributed by atoms with Gasteiger partial charge in [-0.25, -0.2) is 0 Å². The zero-order valence-corrected chi connectivity index (χ0v) is 31.2. The molecule has 274 valence electrons. The molecule has 45 heavy (non-hydrogen) atoms. The van der Waals surface area contributed by atoms with Crippen molar-refractivity contribution in [2.24, 2.45) is 34.3 Å². The number of hydrogen-bond donors (Lipinski definition) is 4. The lowest BCUT2D eigenvalue weighted by Crippen LogP contribution is -2.35. The van der Waals surface area contributed by atoms with E-state index in [1.165, 1.54) is 12.8 Å². The topological polar surface area (TPSA) is 159 Å². The lowest BCUT2D eigenvalue weighted by atomic mass is 9.81. The first-order valence-electron chi connectivity index (χ1n) is 17.9. The largest absolute Gasteiger partial charge is 0.379 e. The van der Waals surface area contributed by atoms with Crippen LogP contribution in [0.15, 0.2) is 0 Å². The molecule has 10 nitrogen and oxygen atoms in total. The van der Waals surface area contributed by atoms with Crippen LogP contribution in [0.3, 0.4) is 0 Å². The van der Waals surface area contributed by atoms with E-state index < -0.39 is 0 Å². The molecule has 8 unspecified atom stereocenters. The van der Waals surface area contributed by atoms with Gasteiger partial charge in [0.2, 0.25) is 0 Å². The maximum absolute atomic E-state index is 6.02. The Bertz CT molecular complexity index is 603. The molecule has 0 aliphatic rings. The van der Waals surface area contributed by atoms with E-state index in [9.17, 15) is 0 Å². The summed E-state index contributed by atoms with van der Waals surface area (Å²) >= 11 is 0. The molecule has 0 amide bonds. The van der Waals surface area contributed by atoms with Crippen LogP contribution in [0.5, 0.6) is 0 Å². The lowest BCUT2D eigenvalue weighted by molar-refractivity contribution is -0.0789. The third kappa shape index (κ3) is 28.3. The van der Waals surface area contributed by atoms with Crippen LogP contribution in [0.25, 0.3) is 0 Å². The Morgan fingerprint density at radius 1 is 0.533 bits per heavy atom. The van der Waals surface area contributed by atoms with Crippen LogP contribution in [0.1, 0.15) is 114 Å². The summed E-state index contributed by atoms with van der Waals surface area (Å²) in [7, 11) is 0. The average molecular weight is 651 g/mol. The molecule has 0 rings (SSSR count). The van der Waals surface area contributed by atoms with E-state index in [1.807, 2.05) is 41.5 Å². The molecule has 0 aliphatic heterocycles. The number of hydrogen-bond acceptors (Lipinski definition) is 10. The summed E-state index contributed by atoms with van der Waals surface area (Å²) in [5, 5.41) is 0. The van der Waals surface area contributed by atoms with Crippen molar-refractivity contribution in [3.63, 3.8) is 0 Å². The fraction of sp³-hybridized carbons (Fsp3) is 1.00. The molecular weight excluding hydrogens is 572 g/mol. The van der Waals surface area contributed by atoms with Crippen molar-refractivity contribution in [2.75, 3.05) is 59.5 Å². The third-order valence-electron chi connectivity index (χ3n) is 7.53. The standard InChI is InChI=1S/C21H46N2O4.C14H32N2O2/c1-7-9-10-21(8-2,15-24-13-19(5)26-11-17(3)22)16-25-14-20(6)27-12-18(4)23;1-5-7-14(18-9-12(4)16)13(6-2)10-17-8-11(3)15/h17-20H,7-16,22-23H2,1-6H3;11-14H,5-10,15-16H2,1-4H3. The molecular formula is C35H78N4O6. The SMILES string of the molecule is CCCC(OCC(C)N)C(CC)COCC(C)N.CCCCC(CC)(COCC(C)OCC(C)N)COCC(C)OCC(C)N. The van der Waals surface area contributed by atoms with Crippen molar-refractivity contribution >= 4 is 0 Å². The van der Waals surface area contributed by atoms with Crippen molar-refractivity contribution in [1.82, 2.24) is 0 Å². The van der Waals surface area contributed by atoms with Crippen LogP contribution in [0, 0.1) is 11.3 Å². The lowest BCUT2D eigenvalue weighted by Gasteiger charge is -2.33. The first-order chi connectivity index (χ1) is 21.2. The Morgan fingerprint density at radius 2 is 1.00 bits per heavy atom. The predicted molar refractivity (Wildman–Crippen MR) is 189 cm³/mol. The molecule has 0 fully saturated rings. The molecule has 8 N–H and O–H groups in total. The highest BCUT2D eigenvalue weighted by atomic mass is 16.5. The van der Waals surface area contributed by atoms with Gasteiger partial charge in [-0.2, -0.15) is 0 Å². The number of nitrogens with two attached hydrogens (primary N) is 4. The van der Waals surface area contributed by atoms with Gasteiger partial charge in [-0.1, -0.05) is 47.0 Å². The highest BCUT2D eigenvalue weighted by Crippen LogP contribution is 2.30. The summed E-state index contributed by atoms with van der Waals surface area (Å²) in [5.41, 5.74) is 22.9. The molecule has 0 aromatic rings. The molecule has 0 aromatic heterocycles. The molecule has 0 bridgehead atoms. The van der Waals surface area contributed by atoms with Crippen LogP contribution in [-0.4, -0.2) is 102 Å². The summed E-state index contributed by atoms with van der Waals surface area (Å²) in [6.07, 6.45) is 8.05. The minimum absolute atomic E-state index is 0.0395. The molecule has 0 spiro atoms. The molecule has 10 heteroatoms. The minimum atomic E-state index is 0.0395. The van der Waals surface area contributed by atoms with Gasteiger partial charge in [0, 0.05) is 35.5 Å². The Hall–Kier alpha value is -0.400. The van der Waals surface area contributed by atoms with Gasteiger partial charge in [-0.05, 0) is 67.2 Å². The zero-order chi connectivity index (χ0) is 34.7. The number of unbranched alkanes of at least 4 members (excludes halogenated alkanes) is 1. The Kier molecular flexibility index (Phi) is 30.9. The summed E-state index contributed by atoms with van der Waals surface area (Å²) in [5.74, 6) is 0.433. The fourth-order valence-electron chi connectivity index (χ4n) is 4.64. The van der Waals surface area contributed by atoms with Gasteiger partial charge in [0.25, 0.3) is 0 Å². The maximum Gasteiger partial charge on any atom is 0.0781 e. The molecule has 0 saturated carbocycles. The second-order valence-corrected chi connectivity index (χ2v) is 13.6. The molecule has 0 aromatic carbocycles. The minimum Gasteiger partial charge on any atom is -0.379 e. The quantitative estimate of drug-likeness (QED) is 0.0866. The average Bonchev–Trinajstić information content (AvgIpc) is 2.98. The smallest absolute Gasteiger partial charge is 0.0781 e. The number of ether oxygens (including phenoxy) is 6. The van der Waals surface area contributed by atoms with Gasteiger partial charge in [-0.3, -0.25) is 0 Å².